The molecule has 1 heterocycles. The van der Waals surface area contributed by atoms with Crippen LogP contribution in [0.25, 0.3) is 0 Å². The molecule has 9 atom stereocenters. The normalized spacial score (nSPS) is 28.7. The van der Waals surface area contributed by atoms with Crippen molar-refractivity contribution in [2.75, 3.05) is 65.9 Å². The Bertz CT molecular complexity index is 1260. The van der Waals surface area contributed by atoms with E-state index in [0.717, 1.165) is 107 Å². The lowest BCUT2D eigenvalue weighted by Crippen LogP contribution is -2.48. The fourth-order valence-electron chi connectivity index (χ4n) is 12.7. The summed E-state index contributed by atoms with van der Waals surface area (Å²) in [5, 5.41) is 0. The van der Waals surface area contributed by atoms with Crippen molar-refractivity contribution in [3.63, 3.8) is 0 Å². The van der Waals surface area contributed by atoms with Crippen molar-refractivity contribution < 1.29 is 28.5 Å². The molecule has 5 rings (SSSR count). The maximum Gasteiger partial charge on any atom is 0.332 e. The first-order valence-corrected chi connectivity index (χ1v) is 26.9. The molecule has 0 amide bonds. The molecule has 1 saturated heterocycles. The quantitative estimate of drug-likeness (QED) is 0.0379. The van der Waals surface area contributed by atoms with E-state index in [1.165, 1.54) is 135 Å². The number of nitrogens with zero attached hydrogens (tertiary/aromatic N) is 1. The van der Waals surface area contributed by atoms with Gasteiger partial charge in [-0.15, -0.1) is 0 Å². The first kappa shape index (κ1) is 51.7. The van der Waals surface area contributed by atoms with Crippen LogP contribution in [0.15, 0.2) is 23.8 Å². The lowest BCUT2D eigenvalue weighted by atomic mass is 9.50. The zero-order valence-electron chi connectivity index (χ0n) is 41.1. The van der Waals surface area contributed by atoms with Crippen LogP contribution in [0, 0.1) is 46.8 Å². The van der Waals surface area contributed by atoms with Gasteiger partial charge in [-0.1, -0.05) is 135 Å². The van der Waals surface area contributed by atoms with Crippen LogP contribution in [-0.4, -0.2) is 89.0 Å². The van der Waals surface area contributed by atoms with Gasteiger partial charge in [-0.25, -0.2) is 4.79 Å². The molecule has 3 saturated carbocycles. The highest BCUT2D eigenvalue weighted by Gasteiger charge is 2.54. The van der Waals surface area contributed by atoms with Gasteiger partial charge >= 0.3 is 5.97 Å². The average Bonchev–Trinajstić information content (AvgIpc) is 3.71. The first-order valence-electron chi connectivity index (χ1n) is 26.9. The predicted octanol–water partition coefficient (Wildman–Crippen LogP) is 13.3. The number of rotatable bonds is 32. The third-order valence-corrected chi connectivity index (χ3v) is 16.4. The molecule has 0 radical (unpaired) electrons. The van der Waals surface area contributed by atoms with Crippen LogP contribution >= 0.6 is 0 Å². The predicted molar refractivity (Wildman–Crippen MR) is 256 cm³/mol. The van der Waals surface area contributed by atoms with E-state index in [9.17, 15) is 4.79 Å². The third kappa shape index (κ3) is 17.5. The number of carbonyl (C=O) groups excluding carboxylic acids is 1. The Kier molecular flexibility index (Phi) is 24.5. The highest BCUT2D eigenvalue weighted by Crippen LogP contribution is 2.63. The molecular weight excluding hydrogens is 771 g/mol. The molecule has 0 aromatic heterocycles. The van der Waals surface area contributed by atoms with Gasteiger partial charge in [-0.3, -0.25) is 4.90 Å². The van der Waals surface area contributed by atoms with E-state index < -0.39 is 0 Å². The van der Waals surface area contributed by atoms with Gasteiger partial charge in [-0.05, 0) is 124 Å². The summed E-state index contributed by atoms with van der Waals surface area (Å²) in [6.45, 7) is 18.6. The maximum atomic E-state index is 13.0. The maximum absolute atomic E-state index is 13.0. The lowest BCUT2D eigenvalue weighted by molar-refractivity contribution is -0.157. The molecule has 7 nitrogen and oxygen atoms in total. The Morgan fingerprint density at radius 2 is 1.50 bits per heavy atom. The van der Waals surface area contributed by atoms with E-state index in [4.69, 9.17) is 23.7 Å². The number of allylic oxidation sites excluding steroid dienone is 3. The van der Waals surface area contributed by atoms with E-state index in [1.807, 2.05) is 0 Å². The molecule has 0 spiro atoms. The monoisotopic (exact) mass is 868 g/mol. The highest BCUT2D eigenvalue weighted by atomic mass is 16.6. The van der Waals surface area contributed by atoms with Crippen LogP contribution in [-0.2, 0) is 28.5 Å². The third-order valence-electron chi connectivity index (χ3n) is 16.4. The molecule has 358 valence electrons. The lowest BCUT2D eigenvalue weighted by Gasteiger charge is -2.55. The van der Waals surface area contributed by atoms with Crippen LogP contribution in [0.5, 0.6) is 0 Å². The minimum atomic E-state index is -0.239. The number of esters is 1. The van der Waals surface area contributed by atoms with Crippen molar-refractivity contribution in [2.45, 2.75) is 207 Å². The molecule has 0 aromatic carbocycles. The molecule has 5 aliphatic rings. The fraction of sp³-hybridized carbons (Fsp3) is 0.909. The Morgan fingerprint density at radius 1 is 0.790 bits per heavy atom. The largest absolute Gasteiger partial charge is 0.460 e. The summed E-state index contributed by atoms with van der Waals surface area (Å²) < 4.78 is 29.9. The van der Waals surface area contributed by atoms with E-state index in [0.29, 0.717) is 19.8 Å². The summed E-state index contributed by atoms with van der Waals surface area (Å²) in [5.41, 5.74) is 1.85. The number of fused-ring (bicyclic) bond motifs is 5. The molecule has 4 aliphatic carbocycles. The standard InChI is InChI=1S/C55H97NO6/c1-6-7-8-9-10-11-12-13-14-15-16-17-18-19-20-21-35-59-42-48(41-56-33-36-58-37-34-56)61-39-38-60-43-54(57)62-47-31-32-55(5)46(40-47)25-26-52-51-28-27-49(50(51)29-30-53(52)55)45(4)24-22-23-44(2)3/h13-14,25,44-45,47-53H,6-12,15-24,26-43H2,1-5H3/t45-,47+,48?,49-,50?,51-,52+,53+,55+/m1/s1. The van der Waals surface area contributed by atoms with Gasteiger partial charge in [0.15, 0.2) is 0 Å². The van der Waals surface area contributed by atoms with Gasteiger partial charge in [-0.2, -0.15) is 0 Å². The van der Waals surface area contributed by atoms with Crippen molar-refractivity contribution in [3.8, 4) is 0 Å². The molecule has 0 N–H and O–H groups in total. The second-order valence-electron chi connectivity index (χ2n) is 21.4. The summed E-state index contributed by atoms with van der Waals surface area (Å²) >= 11 is 0. The summed E-state index contributed by atoms with van der Waals surface area (Å²) in [6, 6.07) is 0. The van der Waals surface area contributed by atoms with Crippen LogP contribution in [0.1, 0.15) is 195 Å². The Labute approximate surface area is 382 Å². The number of hydrogen-bond donors (Lipinski definition) is 0. The topological polar surface area (TPSA) is 66.5 Å². The highest BCUT2D eigenvalue weighted by molar-refractivity contribution is 5.71. The second-order valence-corrected chi connectivity index (χ2v) is 21.4. The minimum absolute atomic E-state index is 0.0123. The molecule has 2 unspecified atom stereocenters. The molecule has 0 aromatic rings. The minimum Gasteiger partial charge on any atom is -0.460 e. The molecule has 4 fully saturated rings. The van der Waals surface area contributed by atoms with Crippen molar-refractivity contribution in [2.24, 2.45) is 46.8 Å². The van der Waals surface area contributed by atoms with Crippen LogP contribution in [0.3, 0.4) is 0 Å². The second kappa shape index (κ2) is 29.4. The van der Waals surface area contributed by atoms with Crippen molar-refractivity contribution in [1.29, 1.82) is 0 Å². The van der Waals surface area contributed by atoms with E-state index in [2.05, 4.69) is 57.7 Å². The van der Waals surface area contributed by atoms with Gasteiger partial charge < -0.3 is 23.7 Å². The van der Waals surface area contributed by atoms with Gasteiger partial charge in [0.1, 0.15) is 12.7 Å². The number of unbranched alkanes of at least 4 members (excludes halogenated alkanes) is 12. The summed E-state index contributed by atoms with van der Waals surface area (Å²) in [5.74, 6) is 5.94. The van der Waals surface area contributed by atoms with Gasteiger partial charge in [0, 0.05) is 32.7 Å². The number of carbonyl (C=O) groups is 1. The summed E-state index contributed by atoms with van der Waals surface area (Å²) in [7, 11) is 0. The Hall–Kier alpha value is -1.25. The Balaban J connectivity index is 0.915. The average molecular weight is 868 g/mol. The summed E-state index contributed by atoms with van der Waals surface area (Å²) in [4.78, 5) is 15.4. The summed E-state index contributed by atoms with van der Waals surface area (Å²) in [6.07, 6.45) is 39.9. The van der Waals surface area contributed by atoms with Crippen LogP contribution < -0.4 is 0 Å². The first-order chi connectivity index (χ1) is 30.3. The molecule has 0 bridgehead atoms. The fourth-order valence-corrected chi connectivity index (χ4v) is 12.7. The van der Waals surface area contributed by atoms with Crippen molar-refractivity contribution in [1.82, 2.24) is 4.90 Å². The Morgan fingerprint density at radius 3 is 2.24 bits per heavy atom. The zero-order chi connectivity index (χ0) is 43.8. The number of morpholine rings is 1. The molecule has 1 aliphatic heterocycles. The van der Waals surface area contributed by atoms with Gasteiger partial charge in [0.25, 0.3) is 0 Å². The van der Waals surface area contributed by atoms with E-state index in [1.54, 1.807) is 5.57 Å². The molecule has 62 heavy (non-hydrogen) atoms. The SMILES string of the molecule is CCCCCCCCC=CCCCCCCCCOCC(CN1CCOCC1)OCCOCC(=O)O[C@H]1CC[C@@]2(C)C(=CC[C@H]3[C@@H]4CC[C@H]([C@H](C)CCCC(C)C)C4CC[C@@H]32)C1. The van der Waals surface area contributed by atoms with Crippen molar-refractivity contribution in [3.05, 3.63) is 23.8 Å². The van der Waals surface area contributed by atoms with Gasteiger partial charge in [0.05, 0.1) is 39.1 Å². The number of hydrogen-bond acceptors (Lipinski definition) is 7. The van der Waals surface area contributed by atoms with Crippen molar-refractivity contribution >= 4 is 5.97 Å². The van der Waals surface area contributed by atoms with Crippen LogP contribution in [0.4, 0.5) is 0 Å². The van der Waals surface area contributed by atoms with Gasteiger partial charge in [0.2, 0.25) is 0 Å². The van der Waals surface area contributed by atoms with Crippen LogP contribution in [0.2, 0.25) is 0 Å². The zero-order valence-corrected chi connectivity index (χ0v) is 41.1. The number of ether oxygens (including phenoxy) is 5. The molecule has 7 heteroatoms. The molecular formula is C55H97NO6. The van der Waals surface area contributed by atoms with E-state index in [-0.39, 0.29) is 30.2 Å². The van der Waals surface area contributed by atoms with E-state index >= 15 is 0 Å². The smallest absolute Gasteiger partial charge is 0.332 e.